The molecule has 6 heteroatoms. The van der Waals surface area contributed by atoms with Gasteiger partial charge in [-0.3, -0.25) is 0 Å². The van der Waals surface area contributed by atoms with Crippen LogP contribution < -0.4 is 0 Å². The first-order valence-electron chi connectivity index (χ1n) is 11.6. The number of ether oxygens (including phenoxy) is 1. The Balaban J connectivity index is 1.51. The molecule has 170 valence electrons. The number of pyridine rings is 1. The Morgan fingerprint density at radius 2 is 1.88 bits per heavy atom. The molecule has 1 fully saturated rings. The van der Waals surface area contributed by atoms with E-state index in [0.29, 0.717) is 13.1 Å². The van der Waals surface area contributed by atoms with Gasteiger partial charge < -0.3 is 14.2 Å². The number of hydrogen-bond acceptors (Lipinski definition) is 4. The van der Waals surface area contributed by atoms with E-state index in [0.717, 1.165) is 41.0 Å². The molecule has 6 nitrogen and oxygen atoms in total. The lowest BCUT2D eigenvalue weighted by Crippen LogP contribution is -2.43. The van der Waals surface area contributed by atoms with Gasteiger partial charge in [-0.05, 0) is 69.0 Å². The number of carbonyl (C=O) groups is 1. The van der Waals surface area contributed by atoms with E-state index in [-0.39, 0.29) is 12.1 Å². The van der Waals surface area contributed by atoms with Crippen LogP contribution >= 0.6 is 0 Å². The van der Waals surface area contributed by atoms with E-state index in [1.54, 1.807) is 0 Å². The van der Waals surface area contributed by atoms with Gasteiger partial charge in [0.05, 0.1) is 6.04 Å². The number of likely N-dealkylation sites (tertiary alicyclic amines) is 1. The van der Waals surface area contributed by atoms with Gasteiger partial charge >= 0.3 is 6.09 Å². The number of hydrogen-bond donors (Lipinski definition) is 0. The minimum atomic E-state index is -0.502. The summed E-state index contributed by atoms with van der Waals surface area (Å²) < 4.78 is 7.82. The third-order valence-electron chi connectivity index (χ3n) is 6.23. The van der Waals surface area contributed by atoms with Gasteiger partial charge in [-0.1, -0.05) is 36.4 Å². The molecule has 0 spiro atoms. The summed E-state index contributed by atoms with van der Waals surface area (Å²) in [4.78, 5) is 24.2. The average molecular weight is 443 g/mol. The van der Waals surface area contributed by atoms with Crippen LogP contribution in [0.25, 0.3) is 33.1 Å². The Hall–Kier alpha value is -3.41. The maximum atomic E-state index is 12.7. The van der Waals surface area contributed by atoms with Crippen molar-refractivity contribution >= 4 is 28.0 Å². The number of amides is 1. The number of rotatable bonds is 2. The molecule has 0 aliphatic carbocycles. The third kappa shape index (κ3) is 4.17. The fraction of sp³-hybridized carbons (Fsp3) is 0.370. The molecule has 0 unspecified atom stereocenters. The van der Waals surface area contributed by atoms with E-state index in [1.807, 2.05) is 44.9 Å². The second-order valence-corrected chi connectivity index (χ2v) is 9.84. The SMILES string of the molecule is Cc1nc2c(-c3ccc4ccccc4c3)ccnc2n1[C@H]1CCCN(C(=O)OC(C)(C)C)C1. The van der Waals surface area contributed by atoms with Crippen molar-refractivity contribution in [3.05, 3.63) is 60.6 Å². The molecule has 0 saturated carbocycles. The fourth-order valence-corrected chi connectivity index (χ4v) is 4.78. The molecule has 1 saturated heterocycles. The highest BCUT2D eigenvalue weighted by Gasteiger charge is 2.30. The maximum Gasteiger partial charge on any atom is 0.410 e. The summed E-state index contributed by atoms with van der Waals surface area (Å²) in [5, 5.41) is 2.43. The first-order valence-corrected chi connectivity index (χ1v) is 11.6. The first-order chi connectivity index (χ1) is 15.8. The summed E-state index contributed by atoms with van der Waals surface area (Å²) in [6.45, 7) is 9.04. The molecule has 1 aliphatic heterocycles. The predicted molar refractivity (Wildman–Crippen MR) is 131 cm³/mol. The zero-order chi connectivity index (χ0) is 23.2. The Kier molecular flexibility index (Phi) is 5.31. The highest BCUT2D eigenvalue weighted by atomic mass is 16.6. The van der Waals surface area contributed by atoms with Gasteiger partial charge in [0.15, 0.2) is 5.65 Å². The van der Waals surface area contributed by atoms with E-state index in [2.05, 4.69) is 47.0 Å². The molecule has 1 aliphatic rings. The van der Waals surface area contributed by atoms with Gasteiger partial charge in [0.25, 0.3) is 0 Å². The van der Waals surface area contributed by atoms with Crippen LogP contribution in [-0.4, -0.2) is 44.2 Å². The lowest BCUT2D eigenvalue weighted by atomic mass is 10.0. The molecule has 5 rings (SSSR count). The predicted octanol–water partition coefficient (Wildman–Crippen LogP) is 6.13. The molecule has 1 atom stereocenters. The smallest absolute Gasteiger partial charge is 0.410 e. The van der Waals surface area contributed by atoms with Gasteiger partial charge in [0.1, 0.15) is 16.9 Å². The topological polar surface area (TPSA) is 60.2 Å². The molecule has 3 heterocycles. The summed E-state index contributed by atoms with van der Waals surface area (Å²) in [5.41, 5.74) is 3.48. The largest absolute Gasteiger partial charge is 0.444 e. The molecule has 4 aromatic rings. The van der Waals surface area contributed by atoms with Crippen molar-refractivity contribution in [1.29, 1.82) is 0 Å². The van der Waals surface area contributed by atoms with E-state index in [4.69, 9.17) is 14.7 Å². The number of nitrogens with zero attached hydrogens (tertiary/aromatic N) is 4. The molecular weight excluding hydrogens is 412 g/mol. The first kappa shape index (κ1) is 21.4. The van der Waals surface area contributed by atoms with Crippen LogP contribution in [0.15, 0.2) is 54.7 Å². The Morgan fingerprint density at radius 3 is 2.67 bits per heavy atom. The highest BCUT2D eigenvalue weighted by Crippen LogP contribution is 2.33. The number of imidazole rings is 1. The normalized spacial score (nSPS) is 17.0. The molecule has 33 heavy (non-hydrogen) atoms. The van der Waals surface area contributed by atoms with Crippen LogP contribution in [0.1, 0.15) is 45.5 Å². The van der Waals surface area contributed by atoms with Gasteiger partial charge in [-0.15, -0.1) is 0 Å². The Labute approximate surface area is 194 Å². The molecule has 2 aromatic heterocycles. The van der Waals surface area contributed by atoms with E-state index < -0.39 is 5.60 Å². The number of benzene rings is 2. The van der Waals surface area contributed by atoms with Crippen LogP contribution in [0, 0.1) is 6.92 Å². The summed E-state index contributed by atoms with van der Waals surface area (Å²) in [6, 6.07) is 17.1. The zero-order valence-electron chi connectivity index (χ0n) is 19.7. The van der Waals surface area contributed by atoms with Crippen LogP contribution in [-0.2, 0) is 4.74 Å². The molecule has 0 radical (unpaired) electrons. The molecule has 0 N–H and O–H groups in total. The Bertz CT molecular complexity index is 1340. The van der Waals surface area contributed by atoms with Crippen LogP contribution in [0.3, 0.4) is 0 Å². The van der Waals surface area contributed by atoms with Crippen LogP contribution in [0.5, 0.6) is 0 Å². The standard InChI is InChI=1S/C27H30N4O2/c1-18-29-24-23(21-12-11-19-8-5-6-9-20(19)16-21)13-14-28-25(24)31(18)22-10-7-15-30(17-22)26(32)33-27(2,3)4/h5-6,8-9,11-14,16,22H,7,10,15,17H2,1-4H3/t22-/m0/s1. The van der Waals surface area contributed by atoms with E-state index in [1.165, 1.54) is 10.8 Å². The van der Waals surface area contributed by atoms with Gasteiger partial charge in [0.2, 0.25) is 0 Å². The van der Waals surface area contributed by atoms with Crippen molar-refractivity contribution < 1.29 is 9.53 Å². The zero-order valence-corrected chi connectivity index (χ0v) is 19.7. The molecule has 1 amide bonds. The lowest BCUT2D eigenvalue weighted by Gasteiger charge is -2.35. The van der Waals surface area contributed by atoms with Crippen molar-refractivity contribution in [2.24, 2.45) is 0 Å². The van der Waals surface area contributed by atoms with Gasteiger partial charge in [-0.2, -0.15) is 0 Å². The van der Waals surface area contributed by atoms with E-state index >= 15 is 0 Å². The number of aryl methyl sites for hydroxylation is 1. The molecular formula is C27H30N4O2. The van der Waals surface area contributed by atoms with Crippen molar-refractivity contribution in [2.75, 3.05) is 13.1 Å². The third-order valence-corrected chi connectivity index (χ3v) is 6.23. The van der Waals surface area contributed by atoms with Gasteiger partial charge in [-0.25, -0.2) is 14.8 Å². The fourth-order valence-electron chi connectivity index (χ4n) is 4.78. The van der Waals surface area contributed by atoms with Crippen molar-refractivity contribution in [1.82, 2.24) is 19.4 Å². The molecule has 0 bridgehead atoms. The molecule has 2 aromatic carbocycles. The number of carbonyl (C=O) groups excluding carboxylic acids is 1. The summed E-state index contributed by atoms with van der Waals surface area (Å²) in [5.74, 6) is 0.918. The van der Waals surface area contributed by atoms with E-state index in [9.17, 15) is 4.79 Å². The van der Waals surface area contributed by atoms with Gasteiger partial charge in [0, 0.05) is 24.8 Å². The second-order valence-electron chi connectivity index (χ2n) is 9.84. The number of fused-ring (bicyclic) bond motifs is 2. The summed E-state index contributed by atoms with van der Waals surface area (Å²) in [7, 11) is 0. The minimum absolute atomic E-state index is 0.121. The number of piperidine rings is 1. The second kappa shape index (κ2) is 8.18. The lowest BCUT2D eigenvalue weighted by molar-refractivity contribution is 0.0173. The van der Waals surface area contributed by atoms with Crippen LogP contribution in [0.2, 0.25) is 0 Å². The number of aromatic nitrogens is 3. The van der Waals surface area contributed by atoms with Crippen molar-refractivity contribution in [2.45, 2.75) is 52.2 Å². The summed E-state index contributed by atoms with van der Waals surface area (Å²) >= 11 is 0. The minimum Gasteiger partial charge on any atom is -0.444 e. The Morgan fingerprint density at radius 1 is 1.09 bits per heavy atom. The summed E-state index contributed by atoms with van der Waals surface area (Å²) in [6.07, 6.45) is 3.51. The quantitative estimate of drug-likeness (QED) is 0.375. The monoisotopic (exact) mass is 442 g/mol. The van der Waals surface area contributed by atoms with Crippen molar-refractivity contribution in [3.63, 3.8) is 0 Å². The average Bonchev–Trinajstić information content (AvgIpc) is 3.13. The van der Waals surface area contributed by atoms with Crippen molar-refractivity contribution in [3.8, 4) is 11.1 Å². The highest BCUT2D eigenvalue weighted by molar-refractivity contribution is 5.94. The maximum absolute atomic E-state index is 12.7. The van der Waals surface area contributed by atoms with Crippen LogP contribution in [0.4, 0.5) is 4.79 Å².